The maximum atomic E-state index is 13.4. The molecular weight excluding hydrogens is 307 g/mol. The predicted molar refractivity (Wildman–Crippen MR) is 94.1 cm³/mol. The van der Waals surface area contributed by atoms with Gasteiger partial charge in [0.2, 0.25) is 0 Å². The lowest BCUT2D eigenvalue weighted by atomic mass is 9.93. The van der Waals surface area contributed by atoms with Crippen LogP contribution in [0, 0.1) is 5.82 Å². The number of aliphatic hydroxyl groups excluding tert-OH is 1. The summed E-state index contributed by atoms with van der Waals surface area (Å²) >= 11 is 1.69. The Bertz CT molecular complexity index is 799. The third-order valence-corrected chi connectivity index (χ3v) is 4.56. The predicted octanol–water partition coefficient (Wildman–Crippen LogP) is 5.30. The first-order chi connectivity index (χ1) is 11.2. The number of hydrogen-bond acceptors (Lipinski definition) is 2. The summed E-state index contributed by atoms with van der Waals surface area (Å²) in [6.45, 7) is 0. The van der Waals surface area contributed by atoms with Crippen molar-refractivity contribution in [1.82, 2.24) is 0 Å². The first kappa shape index (κ1) is 15.8. The normalized spacial score (nSPS) is 12.1. The molecule has 1 unspecified atom stereocenters. The van der Waals surface area contributed by atoms with Gasteiger partial charge in [-0.25, -0.2) is 4.39 Å². The number of rotatable bonds is 4. The van der Waals surface area contributed by atoms with Gasteiger partial charge in [0, 0.05) is 4.90 Å². The van der Waals surface area contributed by atoms with Gasteiger partial charge in [0.1, 0.15) is 11.9 Å². The molecule has 3 rings (SSSR count). The Balaban J connectivity index is 2.03. The number of thioether (sulfide) groups is 1. The number of hydrogen-bond donors (Lipinski definition) is 1. The van der Waals surface area contributed by atoms with E-state index in [1.807, 2.05) is 42.7 Å². The average molecular weight is 324 g/mol. The minimum Gasteiger partial charge on any atom is -0.384 e. The zero-order valence-electron chi connectivity index (χ0n) is 12.7. The lowest BCUT2D eigenvalue weighted by Gasteiger charge is -2.16. The van der Waals surface area contributed by atoms with Crippen LogP contribution in [0.5, 0.6) is 0 Å². The maximum Gasteiger partial charge on any atom is 0.123 e. The second-order valence-electron chi connectivity index (χ2n) is 5.27. The van der Waals surface area contributed by atoms with Gasteiger partial charge in [-0.15, -0.1) is 11.8 Å². The van der Waals surface area contributed by atoms with E-state index in [2.05, 4.69) is 12.1 Å². The van der Waals surface area contributed by atoms with Gasteiger partial charge in [-0.3, -0.25) is 0 Å². The minimum absolute atomic E-state index is 0.344. The van der Waals surface area contributed by atoms with Crippen LogP contribution in [0.1, 0.15) is 17.2 Å². The Kier molecular flexibility index (Phi) is 4.79. The highest BCUT2D eigenvalue weighted by Crippen LogP contribution is 2.32. The average Bonchev–Trinajstić information content (AvgIpc) is 2.61. The highest BCUT2D eigenvalue weighted by molar-refractivity contribution is 7.98. The Hall–Kier alpha value is -2.10. The van der Waals surface area contributed by atoms with E-state index in [9.17, 15) is 9.50 Å². The van der Waals surface area contributed by atoms with Crippen LogP contribution in [0.15, 0.2) is 77.7 Å². The van der Waals surface area contributed by atoms with Gasteiger partial charge in [-0.05, 0) is 52.8 Å². The van der Waals surface area contributed by atoms with Gasteiger partial charge in [-0.2, -0.15) is 0 Å². The molecule has 0 radical (unpaired) electrons. The molecule has 3 aromatic carbocycles. The number of benzene rings is 3. The molecule has 116 valence electrons. The topological polar surface area (TPSA) is 20.2 Å². The first-order valence-electron chi connectivity index (χ1n) is 7.36. The van der Waals surface area contributed by atoms with Gasteiger partial charge >= 0.3 is 0 Å². The van der Waals surface area contributed by atoms with Crippen molar-refractivity contribution >= 4 is 11.8 Å². The van der Waals surface area contributed by atoms with Crippen molar-refractivity contribution in [2.24, 2.45) is 0 Å². The zero-order chi connectivity index (χ0) is 16.2. The molecule has 3 heteroatoms. The molecular formula is C20H17FOS. The largest absolute Gasteiger partial charge is 0.384 e. The third kappa shape index (κ3) is 3.46. The van der Waals surface area contributed by atoms with Crippen molar-refractivity contribution in [1.29, 1.82) is 0 Å². The summed E-state index contributed by atoms with van der Waals surface area (Å²) < 4.78 is 13.4. The zero-order valence-corrected chi connectivity index (χ0v) is 13.6. The van der Waals surface area contributed by atoms with Gasteiger partial charge in [0.15, 0.2) is 0 Å². The molecule has 0 aliphatic rings. The van der Waals surface area contributed by atoms with Crippen LogP contribution in [-0.4, -0.2) is 11.4 Å². The summed E-state index contributed by atoms with van der Waals surface area (Å²) in [6, 6.07) is 22.0. The number of aliphatic hydroxyl groups is 1. The molecule has 3 aromatic rings. The first-order valence-corrected chi connectivity index (χ1v) is 8.58. The monoisotopic (exact) mass is 324 g/mol. The van der Waals surface area contributed by atoms with Crippen molar-refractivity contribution in [2.75, 3.05) is 6.26 Å². The van der Waals surface area contributed by atoms with E-state index >= 15 is 0 Å². The quantitative estimate of drug-likeness (QED) is 0.657. The summed E-state index contributed by atoms with van der Waals surface area (Å²) in [5.41, 5.74) is 3.32. The molecule has 1 nitrogen and oxygen atoms in total. The van der Waals surface area contributed by atoms with Crippen LogP contribution in [0.3, 0.4) is 0 Å². The van der Waals surface area contributed by atoms with Gasteiger partial charge in [0.25, 0.3) is 0 Å². The standard InChI is InChI=1S/C20H17FOS/c1-23-17-11-9-14(10-12-17)18-7-2-3-8-19(18)20(22)15-5-4-6-16(21)13-15/h2-13,20,22H,1H3. The molecule has 0 fully saturated rings. The molecule has 0 saturated heterocycles. The molecule has 0 saturated carbocycles. The molecule has 0 heterocycles. The van der Waals surface area contributed by atoms with E-state index in [-0.39, 0.29) is 5.82 Å². The van der Waals surface area contributed by atoms with Gasteiger partial charge in [0.05, 0.1) is 0 Å². The highest BCUT2D eigenvalue weighted by Gasteiger charge is 2.15. The van der Waals surface area contributed by atoms with Crippen molar-refractivity contribution in [3.63, 3.8) is 0 Å². The lowest BCUT2D eigenvalue weighted by Crippen LogP contribution is -2.02. The molecule has 0 spiro atoms. The van der Waals surface area contributed by atoms with Crippen molar-refractivity contribution in [2.45, 2.75) is 11.0 Å². The smallest absolute Gasteiger partial charge is 0.123 e. The molecule has 23 heavy (non-hydrogen) atoms. The summed E-state index contributed by atoms with van der Waals surface area (Å²) in [5, 5.41) is 10.7. The number of halogens is 1. The van der Waals surface area contributed by atoms with Crippen LogP contribution >= 0.6 is 11.8 Å². The molecule has 1 N–H and O–H groups in total. The van der Waals surface area contributed by atoms with Crippen molar-refractivity contribution in [3.8, 4) is 11.1 Å². The van der Waals surface area contributed by atoms with E-state index in [4.69, 9.17) is 0 Å². The van der Waals surface area contributed by atoms with Crippen LogP contribution < -0.4 is 0 Å². The van der Waals surface area contributed by atoms with E-state index in [1.54, 1.807) is 23.9 Å². The molecule has 0 aliphatic carbocycles. The fraction of sp³-hybridized carbons (Fsp3) is 0.100. The van der Waals surface area contributed by atoms with Crippen LogP contribution in [0.25, 0.3) is 11.1 Å². The van der Waals surface area contributed by atoms with Crippen LogP contribution in [-0.2, 0) is 0 Å². The fourth-order valence-corrected chi connectivity index (χ4v) is 3.03. The molecule has 1 atom stereocenters. The van der Waals surface area contributed by atoms with Crippen LogP contribution in [0.2, 0.25) is 0 Å². The van der Waals surface area contributed by atoms with Crippen molar-refractivity contribution < 1.29 is 9.50 Å². The molecule has 0 amide bonds. The summed E-state index contributed by atoms with van der Waals surface area (Å²) in [7, 11) is 0. The minimum atomic E-state index is -0.859. The summed E-state index contributed by atoms with van der Waals surface area (Å²) in [5.74, 6) is -0.344. The van der Waals surface area contributed by atoms with E-state index in [1.165, 1.54) is 17.0 Å². The molecule has 0 bridgehead atoms. The maximum absolute atomic E-state index is 13.4. The Morgan fingerprint density at radius 2 is 1.65 bits per heavy atom. The second-order valence-corrected chi connectivity index (χ2v) is 6.15. The Morgan fingerprint density at radius 3 is 2.35 bits per heavy atom. The van der Waals surface area contributed by atoms with Crippen LogP contribution in [0.4, 0.5) is 4.39 Å². The Morgan fingerprint density at radius 1 is 0.913 bits per heavy atom. The molecule has 0 aromatic heterocycles. The SMILES string of the molecule is CSc1ccc(-c2ccccc2C(O)c2cccc(F)c2)cc1. The van der Waals surface area contributed by atoms with E-state index in [0.29, 0.717) is 5.56 Å². The Labute approximate surface area is 139 Å². The van der Waals surface area contributed by atoms with E-state index in [0.717, 1.165) is 16.7 Å². The van der Waals surface area contributed by atoms with Gasteiger partial charge in [-0.1, -0.05) is 48.5 Å². The lowest BCUT2D eigenvalue weighted by molar-refractivity contribution is 0.220. The summed E-state index contributed by atoms with van der Waals surface area (Å²) in [6.07, 6.45) is 1.18. The molecule has 0 aliphatic heterocycles. The summed E-state index contributed by atoms with van der Waals surface area (Å²) in [4.78, 5) is 1.19. The highest BCUT2D eigenvalue weighted by atomic mass is 32.2. The van der Waals surface area contributed by atoms with Gasteiger partial charge < -0.3 is 5.11 Å². The van der Waals surface area contributed by atoms with E-state index < -0.39 is 6.10 Å². The fourth-order valence-electron chi connectivity index (χ4n) is 2.63. The van der Waals surface area contributed by atoms with Crippen molar-refractivity contribution in [3.05, 3.63) is 89.7 Å². The third-order valence-electron chi connectivity index (χ3n) is 3.82. The second kappa shape index (κ2) is 6.99.